The summed E-state index contributed by atoms with van der Waals surface area (Å²) in [6.45, 7) is 7.63. The van der Waals surface area contributed by atoms with Gasteiger partial charge in [-0.3, -0.25) is 9.79 Å². The fourth-order valence-electron chi connectivity index (χ4n) is 3.10. The van der Waals surface area contributed by atoms with Gasteiger partial charge in [-0.1, -0.05) is 19.3 Å². The molecule has 0 atom stereocenters. The third-order valence-corrected chi connectivity index (χ3v) is 4.77. The summed E-state index contributed by atoms with van der Waals surface area (Å²) >= 11 is 0. The Morgan fingerprint density at radius 3 is 2.69 bits per heavy atom. The standard InChI is InChI=1S/C20H34N4O2/c1-4-21-18(25)20(2,3)15-23-19(24-16-9-6-5-7-10-16)22-13-12-17-11-8-14-26-17/h8,11,14,16H,4-7,9-10,12-13,15H2,1-3H3,(H,21,25)(H2,22,23,24). The first kappa shape index (κ1) is 20.3. The minimum Gasteiger partial charge on any atom is -0.469 e. The summed E-state index contributed by atoms with van der Waals surface area (Å²) in [6.07, 6.45) is 8.71. The topological polar surface area (TPSA) is 78.7 Å². The van der Waals surface area contributed by atoms with Crippen molar-refractivity contribution in [1.29, 1.82) is 0 Å². The molecule has 6 nitrogen and oxygen atoms in total. The highest BCUT2D eigenvalue weighted by Gasteiger charge is 2.27. The molecule has 146 valence electrons. The maximum Gasteiger partial charge on any atom is 0.227 e. The Hall–Kier alpha value is -1.98. The third kappa shape index (κ3) is 6.73. The van der Waals surface area contributed by atoms with Crippen LogP contribution in [-0.2, 0) is 11.2 Å². The lowest BCUT2D eigenvalue weighted by Crippen LogP contribution is -2.46. The smallest absolute Gasteiger partial charge is 0.227 e. The quantitative estimate of drug-likeness (QED) is 0.491. The zero-order valence-electron chi connectivity index (χ0n) is 16.4. The lowest BCUT2D eigenvalue weighted by Gasteiger charge is -2.26. The minimum absolute atomic E-state index is 0.0383. The molecule has 0 aliphatic heterocycles. The van der Waals surface area contributed by atoms with Gasteiger partial charge in [-0.25, -0.2) is 0 Å². The van der Waals surface area contributed by atoms with E-state index in [4.69, 9.17) is 9.41 Å². The van der Waals surface area contributed by atoms with Crippen molar-refractivity contribution in [2.45, 2.75) is 65.3 Å². The second-order valence-electron chi connectivity index (χ2n) is 7.64. The van der Waals surface area contributed by atoms with Crippen LogP contribution in [0.25, 0.3) is 0 Å². The molecule has 1 amide bonds. The summed E-state index contributed by atoms with van der Waals surface area (Å²) in [7, 11) is 0. The first-order valence-electron chi connectivity index (χ1n) is 9.87. The fraction of sp³-hybridized carbons (Fsp3) is 0.700. The largest absolute Gasteiger partial charge is 0.469 e. The number of amides is 1. The molecule has 0 unspecified atom stereocenters. The van der Waals surface area contributed by atoms with E-state index in [2.05, 4.69) is 16.0 Å². The molecule has 0 bridgehead atoms. The molecule has 0 aromatic carbocycles. The minimum atomic E-state index is -0.530. The van der Waals surface area contributed by atoms with Crippen LogP contribution in [0.2, 0.25) is 0 Å². The number of rotatable bonds is 8. The van der Waals surface area contributed by atoms with Gasteiger partial charge in [-0.2, -0.15) is 0 Å². The second kappa shape index (κ2) is 10.2. The van der Waals surface area contributed by atoms with Gasteiger partial charge < -0.3 is 20.4 Å². The van der Waals surface area contributed by atoms with E-state index in [0.29, 0.717) is 19.1 Å². The molecule has 1 saturated carbocycles. The summed E-state index contributed by atoms with van der Waals surface area (Å²) in [5, 5.41) is 9.84. The van der Waals surface area contributed by atoms with Crippen LogP contribution < -0.4 is 16.0 Å². The zero-order valence-corrected chi connectivity index (χ0v) is 16.4. The molecule has 1 heterocycles. The van der Waals surface area contributed by atoms with Crippen LogP contribution in [-0.4, -0.2) is 37.5 Å². The van der Waals surface area contributed by atoms with E-state index in [-0.39, 0.29) is 5.91 Å². The molecular weight excluding hydrogens is 328 g/mol. The van der Waals surface area contributed by atoms with Crippen LogP contribution in [0, 0.1) is 5.41 Å². The molecular formula is C20H34N4O2. The predicted octanol–water partition coefficient (Wildman–Crippen LogP) is 2.85. The first-order chi connectivity index (χ1) is 12.5. The molecule has 2 rings (SSSR count). The van der Waals surface area contributed by atoms with E-state index >= 15 is 0 Å². The van der Waals surface area contributed by atoms with Crippen LogP contribution in [0.3, 0.4) is 0 Å². The Bertz CT molecular complexity index is 560. The highest BCUT2D eigenvalue weighted by Crippen LogP contribution is 2.18. The lowest BCUT2D eigenvalue weighted by molar-refractivity contribution is -0.128. The molecule has 1 fully saturated rings. The molecule has 1 aromatic rings. The van der Waals surface area contributed by atoms with Crippen molar-refractivity contribution in [1.82, 2.24) is 16.0 Å². The Morgan fingerprint density at radius 2 is 2.04 bits per heavy atom. The molecule has 6 heteroatoms. The Morgan fingerprint density at radius 1 is 1.27 bits per heavy atom. The van der Waals surface area contributed by atoms with Crippen LogP contribution in [0.1, 0.15) is 58.6 Å². The number of hydrogen-bond donors (Lipinski definition) is 3. The van der Waals surface area contributed by atoms with E-state index in [1.807, 2.05) is 32.9 Å². The number of nitrogens with one attached hydrogen (secondary N) is 3. The molecule has 26 heavy (non-hydrogen) atoms. The molecule has 3 N–H and O–H groups in total. The molecule has 1 aromatic heterocycles. The van der Waals surface area contributed by atoms with Gasteiger partial charge in [0.05, 0.1) is 18.2 Å². The number of hydrogen-bond acceptors (Lipinski definition) is 3. The molecule has 0 spiro atoms. The highest BCUT2D eigenvalue weighted by molar-refractivity contribution is 5.83. The number of guanidine groups is 1. The number of aliphatic imine (C=N–C) groups is 1. The van der Waals surface area contributed by atoms with E-state index in [1.165, 1.54) is 32.1 Å². The van der Waals surface area contributed by atoms with Crippen LogP contribution in [0.15, 0.2) is 27.8 Å². The first-order valence-corrected chi connectivity index (χ1v) is 9.87. The SMILES string of the molecule is CCNC(=O)C(C)(C)CN=C(NCCc1ccco1)NC1CCCCC1. The van der Waals surface area contributed by atoms with Crippen LogP contribution in [0.4, 0.5) is 0 Å². The predicted molar refractivity (Wildman–Crippen MR) is 105 cm³/mol. The number of furan rings is 1. The van der Waals surface area contributed by atoms with E-state index < -0.39 is 5.41 Å². The summed E-state index contributed by atoms with van der Waals surface area (Å²) < 4.78 is 5.38. The van der Waals surface area contributed by atoms with Crippen molar-refractivity contribution in [2.75, 3.05) is 19.6 Å². The van der Waals surface area contributed by atoms with Gasteiger partial charge in [0, 0.05) is 25.6 Å². The normalized spacial score (nSPS) is 16.3. The van der Waals surface area contributed by atoms with Gasteiger partial charge in [-0.05, 0) is 45.7 Å². The monoisotopic (exact) mass is 362 g/mol. The van der Waals surface area contributed by atoms with Crippen molar-refractivity contribution in [3.8, 4) is 0 Å². The lowest BCUT2D eigenvalue weighted by atomic mass is 9.92. The van der Waals surface area contributed by atoms with Crippen molar-refractivity contribution < 1.29 is 9.21 Å². The fourth-order valence-corrected chi connectivity index (χ4v) is 3.10. The third-order valence-electron chi connectivity index (χ3n) is 4.77. The molecule has 1 aliphatic rings. The number of carbonyl (C=O) groups is 1. The molecule has 1 aliphatic carbocycles. The molecule has 0 radical (unpaired) electrons. The van der Waals surface area contributed by atoms with E-state index in [9.17, 15) is 4.79 Å². The Labute approximate surface area is 157 Å². The van der Waals surface area contributed by atoms with Crippen molar-refractivity contribution in [2.24, 2.45) is 10.4 Å². The zero-order chi connectivity index (χ0) is 18.8. The summed E-state index contributed by atoms with van der Waals surface area (Å²) in [4.78, 5) is 16.9. The Kier molecular flexibility index (Phi) is 8.01. The van der Waals surface area contributed by atoms with Crippen molar-refractivity contribution >= 4 is 11.9 Å². The van der Waals surface area contributed by atoms with Crippen LogP contribution >= 0.6 is 0 Å². The Balaban J connectivity index is 1.94. The highest BCUT2D eigenvalue weighted by atomic mass is 16.3. The second-order valence-corrected chi connectivity index (χ2v) is 7.64. The van der Waals surface area contributed by atoms with Crippen LogP contribution in [0.5, 0.6) is 0 Å². The number of nitrogens with zero attached hydrogens (tertiary/aromatic N) is 1. The molecule has 0 saturated heterocycles. The van der Waals surface area contributed by atoms with Crippen molar-refractivity contribution in [3.63, 3.8) is 0 Å². The summed E-state index contributed by atoms with van der Waals surface area (Å²) in [5.41, 5.74) is -0.530. The number of carbonyl (C=O) groups excluding carboxylic acids is 1. The van der Waals surface area contributed by atoms with Gasteiger partial charge >= 0.3 is 0 Å². The maximum atomic E-state index is 12.2. The van der Waals surface area contributed by atoms with Gasteiger partial charge in [0.1, 0.15) is 5.76 Å². The summed E-state index contributed by atoms with van der Waals surface area (Å²) in [5.74, 6) is 1.79. The van der Waals surface area contributed by atoms with Crippen molar-refractivity contribution in [3.05, 3.63) is 24.2 Å². The van der Waals surface area contributed by atoms with E-state index in [1.54, 1.807) is 6.26 Å². The van der Waals surface area contributed by atoms with Gasteiger partial charge in [0.2, 0.25) is 5.91 Å². The van der Waals surface area contributed by atoms with Gasteiger partial charge in [0.25, 0.3) is 0 Å². The van der Waals surface area contributed by atoms with Gasteiger partial charge in [0.15, 0.2) is 5.96 Å². The average Bonchev–Trinajstić information content (AvgIpc) is 3.14. The summed E-state index contributed by atoms with van der Waals surface area (Å²) in [6, 6.07) is 4.34. The average molecular weight is 363 g/mol. The maximum absolute atomic E-state index is 12.2. The van der Waals surface area contributed by atoms with E-state index in [0.717, 1.165) is 24.7 Å². The van der Waals surface area contributed by atoms with Gasteiger partial charge in [-0.15, -0.1) is 0 Å².